The van der Waals surface area contributed by atoms with E-state index < -0.39 is 0 Å². The van der Waals surface area contributed by atoms with E-state index in [-0.39, 0.29) is 5.41 Å². The molecular formula is C19H20OS2. The molecule has 1 nitrogen and oxygen atoms in total. The number of carbonyl (C=O) groups is 1. The number of carbonyl (C=O) groups excluding carboxylic acids is 1. The van der Waals surface area contributed by atoms with Gasteiger partial charge in [-0.3, -0.25) is 4.79 Å². The molecule has 3 heteroatoms. The summed E-state index contributed by atoms with van der Waals surface area (Å²) >= 11 is 3.47. The Bertz CT molecular complexity index is 674. The van der Waals surface area contributed by atoms with Crippen molar-refractivity contribution in [2.24, 2.45) is 23.2 Å². The zero-order chi connectivity index (χ0) is 14.7. The summed E-state index contributed by atoms with van der Waals surface area (Å²) in [6.45, 7) is 0. The first-order chi connectivity index (χ1) is 10.7. The lowest BCUT2D eigenvalue weighted by molar-refractivity contribution is -0.0350. The number of rotatable bonds is 3. The van der Waals surface area contributed by atoms with Crippen molar-refractivity contribution in [1.29, 1.82) is 0 Å². The van der Waals surface area contributed by atoms with Crippen LogP contribution in [0.15, 0.2) is 29.6 Å². The minimum Gasteiger partial charge on any atom is -0.293 e. The molecule has 0 atom stereocenters. The summed E-state index contributed by atoms with van der Waals surface area (Å²) in [4.78, 5) is 16.8. The van der Waals surface area contributed by atoms with Crippen molar-refractivity contribution < 1.29 is 4.79 Å². The van der Waals surface area contributed by atoms with Gasteiger partial charge in [0.15, 0.2) is 5.78 Å². The monoisotopic (exact) mass is 328 g/mol. The SMILES string of the molecule is O=C(c1ccc(-c2cccs2)s1)C12CC3CC(CC(C3)C1)C2. The minimum absolute atomic E-state index is 0.00627. The number of Topliss-reactive ketones (excluding diaryl/α,β-unsaturated/α-hetero) is 1. The standard InChI is InChI=1S/C19H20OS2/c20-18(17-4-3-16(22-17)15-2-1-5-21-15)19-9-12-6-13(10-19)8-14(7-12)11-19/h1-5,12-14H,6-11H2. The van der Waals surface area contributed by atoms with Crippen molar-refractivity contribution in [1.82, 2.24) is 0 Å². The summed E-state index contributed by atoms with van der Waals surface area (Å²) in [5.41, 5.74) is 0.00627. The molecule has 4 aliphatic rings. The number of thiophene rings is 2. The van der Waals surface area contributed by atoms with Gasteiger partial charge in [-0.05, 0) is 79.9 Å². The smallest absolute Gasteiger partial charge is 0.178 e. The second-order valence-corrected chi connectivity index (χ2v) is 9.70. The number of ketones is 1. The highest BCUT2D eigenvalue weighted by Gasteiger charge is 2.54. The summed E-state index contributed by atoms with van der Waals surface area (Å²) in [6, 6.07) is 8.46. The van der Waals surface area contributed by atoms with E-state index in [1.165, 1.54) is 48.3 Å². The first-order valence-corrected chi connectivity index (χ1v) is 10.1. The molecule has 0 radical (unpaired) electrons. The minimum atomic E-state index is 0.00627. The van der Waals surface area contributed by atoms with Gasteiger partial charge in [-0.2, -0.15) is 0 Å². The Kier molecular flexibility index (Phi) is 2.93. The van der Waals surface area contributed by atoms with Crippen LogP contribution in [0.4, 0.5) is 0 Å². The maximum Gasteiger partial charge on any atom is 0.178 e. The molecule has 0 aromatic carbocycles. The summed E-state index contributed by atoms with van der Waals surface area (Å²) < 4.78 is 0. The van der Waals surface area contributed by atoms with Gasteiger partial charge in [0.25, 0.3) is 0 Å². The van der Waals surface area contributed by atoms with Gasteiger partial charge in [0.05, 0.1) is 4.88 Å². The topological polar surface area (TPSA) is 17.1 Å². The maximum absolute atomic E-state index is 13.3. The molecule has 6 rings (SSSR count). The summed E-state index contributed by atoms with van der Waals surface area (Å²) in [7, 11) is 0. The molecule has 114 valence electrons. The van der Waals surface area contributed by atoms with Gasteiger partial charge in [0.1, 0.15) is 0 Å². The fraction of sp³-hybridized carbons (Fsp3) is 0.526. The molecule has 0 aliphatic heterocycles. The van der Waals surface area contributed by atoms with Crippen LogP contribution in [0.25, 0.3) is 9.75 Å². The maximum atomic E-state index is 13.3. The molecule has 4 bridgehead atoms. The van der Waals surface area contributed by atoms with E-state index >= 15 is 0 Å². The third kappa shape index (κ3) is 1.98. The van der Waals surface area contributed by atoms with Crippen LogP contribution in [0.1, 0.15) is 48.2 Å². The van der Waals surface area contributed by atoms with Crippen LogP contribution >= 0.6 is 22.7 Å². The third-order valence-electron chi connectivity index (χ3n) is 6.11. The van der Waals surface area contributed by atoms with Crippen LogP contribution in [-0.2, 0) is 0 Å². The summed E-state index contributed by atoms with van der Waals surface area (Å²) in [5, 5.41) is 2.11. The van der Waals surface area contributed by atoms with E-state index in [1.807, 2.05) is 0 Å². The van der Waals surface area contributed by atoms with Crippen molar-refractivity contribution >= 4 is 28.5 Å². The van der Waals surface area contributed by atoms with E-state index in [0.29, 0.717) is 5.78 Å². The van der Waals surface area contributed by atoms with Gasteiger partial charge in [0.2, 0.25) is 0 Å². The largest absolute Gasteiger partial charge is 0.293 e. The summed E-state index contributed by atoms with van der Waals surface area (Å²) in [6.07, 6.45) is 7.71. The number of hydrogen-bond donors (Lipinski definition) is 0. The third-order valence-corrected chi connectivity index (χ3v) is 8.26. The predicted molar refractivity (Wildman–Crippen MR) is 92.6 cm³/mol. The highest BCUT2D eigenvalue weighted by Crippen LogP contribution is 2.61. The second kappa shape index (κ2) is 4.78. The lowest BCUT2D eigenvalue weighted by Gasteiger charge is -2.55. The van der Waals surface area contributed by atoms with Crippen LogP contribution < -0.4 is 0 Å². The molecule has 0 unspecified atom stereocenters. The van der Waals surface area contributed by atoms with Crippen molar-refractivity contribution in [2.45, 2.75) is 38.5 Å². The average molecular weight is 329 g/mol. The van der Waals surface area contributed by atoms with Gasteiger partial charge in [0, 0.05) is 15.2 Å². The first-order valence-electron chi connectivity index (χ1n) is 8.40. The Labute approximate surface area is 139 Å². The lowest BCUT2D eigenvalue weighted by Crippen LogP contribution is -2.49. The van der Waals surface area contributed by atoms with Crippen LogP contribution in [0.2, 0.25) is 0 Å². The Hall–Kier alpha value is -0.930. The fourth-order valence-electron chi connectivity index (χ4n) is 5.66. The zero-order valence-electron chi connectivity index (χ0n) is 12.6. The van der Waals surface area contributed by atoms with E-state index in [9.17, 15) is 4.79 Å². The van der Waals surface area contributed by atoms with Crippen molar-refractivity contribution in [3.63, 3.8) is 0 Å². The molecule has 2 aromatic heterocycles. The van der Waals surface area contributed by atoms with E-state index in [0.717, 1.165) is 22.6 Å². The Morgan fingerprint density at radius 2 is 1.64 bits per heavy atom. The molecule has 0 saturated heterocycles. The van der Waals surface area contributed by atoms with Gasteiger partial charge in [-0.15, -0.1) is 22.7 Å². The molecule has 4 aliphatic carbocycles. The van der Waals surface area contributed by atoms with Crippen LogP contribution in [0.5, 0.6) is 0 Å². The van der Waals surface area contributed by atoms with Gasteiger partial charge < -0.3 is 0 Å². The molecule has 2 heterocycles. The predicted octanol–water partition coefficient (Wildman–Crippen LogP) is 5.88. The van der Waals surface area contributed by atoms with Crippen LogP contribution in [0.3, 0.4) is 0 Å². The molecule has 2 aromatic rings. The van der Waals surface area contributed by atoms with Crippen molar-refractivity contribution in [3.8, 4) is 9.75 Å². The Balaban J connectivity index is 1.47. The Morgan fingerprint density at radius 3 is 2.23 bits per heavy atom. The molecule has 4 fully saturated rings. The molecule has 4 saturated carbocycles. The highest BCUT2D eigenvalue weighted by molar-refractivity contribution is 7.22. The number of hydrogen-bond acceptors (Lipinski definition) is 3. The second-order valence-electron chi connectivity index (χ2n) is 7.67. The van der Waals surface area contributed by atoms with E-state index in [4.69, 9.17) is 0 Å². The average Bonchev–Trinajstić information content (AvgIpc) is 3.16. The van der Waals surface area contributed by atoms with Gasteiger partial charge in [-0.1, -0.05) is 6.07 Å². The van der Waals surface area contributed by atoms with E-state index in [1.54, 1.807) is 22.7 Å². The molecule has 22 heavy (non-hydrogen) atoms. The highest BCUT2D eigenvalue weighted by atomic mass is 32.1. The van der Waals surface area contributed by atoms with Crippen LogP contribution in [-0.4, -0.2) is 5.78 Å². The molecule has 0 N–H and O–H groups in total. The van der Waals surface area contributed by atoms with Gasteiger partial charge in [-0.25, -0.2) is 0 Å². The van der Waals surface area contributed by atoms with Gasteiger partial charge >= 0.3 is 0 Å². The quantitative estimate of drug-likeness (QED) is 0.643. The van der Waals surface area contributed by atoms with E-state index in [2.05, 4.69) is 29.6 Å². The summed E-state index contributed by atoms with van der Waals surface area (Å²) in [5.74, 6) is 2.99. The molecular weight excluding hydrogens is 308 g/mol. The van der Waals surface area contributed by atoms with Crippen LogP contribution in [0, 0.1) is 23.2 Å². The fourth-order valence-corrected chi connectivity index (χ4v) is 7.56. The zero-order valence-corrected chi connectivity index (χ0v) is 14.2. The molecule has 0 spiro atoms. The Morgan fingerprint density at radius 1 is 0.955 bits per heavy atom. The molecule has 0 amide bonds. The normalized spacial score (nSPS) is 35.9. The lowest BCUT2D eigenvalue weighted by atomic mass is 9.48. The van der Waals surface area contributed by atoms with Crippen molar-refractivity contribution in [2.75, 3.05) is 0 Å². The first kappa shape index (κ1) is 13.5. The van der Waals surface area contributed by atoms with Crippen molar-refractivity contribution in [3.05, 3.63) is 34.5 Å².